The fraction of sp³-hybridized carbons (Fsp3) is 0.857. The molecule has 8 N–H and O–H groups in total. The quantitative estimate of drug-likeness (QED) is 0.171. The number of aliphatic carboxylic acids is 3. The monoisotopic (exact) mass is 822 g/mol. The largest absolute Gasteiger partial charge is 0.481 e. The Kier molecular flexibility index (Phi) is 10.7. The van der Waals surface area contributed by atoms with E-state index in [0.717, 1.165) is 37.7 Å². The number of rotatable bonds is 7. The molecule has 0 aromatic rings. The van der Waals surface area contributed by atoms with Gasteiger partial charge in [0.2, 0.25) is 0 Å². The lowest BCUT2D eigenvalue weighted by Gasteiger charge is -2.70. The predicted molar refractivity (Wildman–Crippen MR) is 199 cm³/mol. The summed E-state index contributed by atoms with van der Waals surface area (Å²) in [6.07, 6.45) is -12.2. The summed E-state index contributed by atoms with van der Waals surface area (Å²) in [7, 11) is 0. The van der Waals surface area contributed by atoms with Crippen molar-refractivity contribution in [2.24, 2.45) is 50.2 Å². The molecule has 58 heavy (non-hydrogen) atoms. The van der Waals surface area contributed by atoms with Crippen LogP contribution in [-0.4, -0.2) is 132 Å². The molecule has 326 valence electrons. The number of carbonyl (C=O) groups excluding carboxylic acids is 1. The molecular weight excluding hydrogens is 760 g/mol. The van der Waals surface area contributed by atoms with Gasteiger partial charge in [-0.05, 0) is 110 Å². The van der Waals surface area contributed by atoms with E-state index >= 15 is 0 Å². The maximum Gasteiger partial charge on any atom is 0.335 e. The first-order valence-corrected chi connectivity index (χ1v) is 20.7. The Morgan fingerprint density at radius 1 is 0.690 bits per heavy atom. The van der Waals surface area contributed by atoms with Crippen molar-refractivity contribution in [2.45, 2.75) is 174 Å². The number of allylic oxidation sites excluding steroid dienone is 2. The molecular formula is C42H62O16. The van der Waals surface area contributed by atoms with E-state index in [4.69, 9.17) is 18.9 Å². The Morgan fingerprint density at radius 2 is 1.28 bits per heavy atom. The summed E-state index contributed by atoms with van der Waals surface area (Å²) in [5.41, 5.74) is -1.81. The lowest BCUT2D eigenvalue weighted by atomic mass is 9.33. The minimum Gasteiger partial charge on any atom is -0.481 e. The lowest BCUT2D eigenvalue weighted by Crippen LogP contribution is -2.68. The average molecular weight is 823 g/mol. The Morgan fingerprint density at radius 3 is 1.88 bits per heavy atom. The van der Waals surface area contributed by atoms with Gasteiger partial charge >= 0.3 is 17.9 Å². The van der Waals surface area contributed by atoms with E-state index in [-0.39, 0.29) is 34.4 Å². The summed E-state index contributed by atoms with van der Waals surface area (Å²) < 4.78 is 23.4. The van der Waals surface area contributed by atoms with Gasteiger partial charge in [-0.3, -0.25) is 9.59 Å². The van der Waals surface area contributed by atoms with Crippen LogP contribution in [0, 0.1) is 50.2 Å². The number of fused-ring (bicyclic) bond motifs is 7. The maximum absolute atomic E-state index is 14.8. The van der Waals surface area contributed by atoms with Crippen LogP contribution < -0.4 is 0 Å². The number of carbonyl (C=O) groups is 4. The van der Waals surface area contributed by atoms with Crippen molar-refractivity contribution in [3.05, 3.63) is 11.6 Å². The van der Waals surface area contributed by atoms with E-state index < -0.39 is 107 Å². The van der Waals surface area contributed by atoms with Crippen molar-refractivity contribution in [2.75, 3.05) is 0 Å². The smallest absolute Gasteiger partial charge is 0.335 e. The summed E-state index contributed by atoms with van der Waals surface area (Å²) in [6.45, 7) is 14.8. The van der Waals surface area contributed by atoms with E-state index in [2.05, 4.69) is 27.7 Å². The molecule has 0 unspecified atom stereocenters. The van der Waals surface area contributed by atoms with Gasteiger partial charge in [-0.2, -0.15) is 0 Å². The number of ether oxygens (including phenoxy) is 4. The van der Waals surface area contributed by atoms with Gasteiger partial charge in [0.1, 0.15) is 36.6 Å². The first-order chi connectivity index (χ1) is 26.8. The number of carboxylic acid groups (broad SMARTS) is 3. The van der Waals surface area contributed by atoms with Crippen molar-refractivity contribution >= 4 is 23.7 Å². The normalized spacial score (nSPS) is 52.6. The van der Waals surface area contributed by atoms with Gasteiger partial charge in [0.15, 0.2) is 30.6 Å². The summed E-state index contributed by atoms with van der Waals surface area (Å²) in [4.78, 5) is 51.3. The van der Waals surface area contributed by atoms with Gasteiger partial charge < -0.3 is 59.8 Å². The molecule has 0 aromatic heterocycles. The Hall–Kier alpha value is -2.54. The van der Waals surface area contributed by atoms with Crippen LogP contribution in [0.5, 0.6) is 0 Å². The fourth-order valence-electron chi connectivity index (χ4n) is 13.4. The molecule has 7 rings (SSSR count). The Balaban J connectivity index is 1.17. The zero-order valence-electron chi connectivity index (χ0n) is 34.4. The minimum absolute atomic E-state index is 0.0217. The first-order valence-electron chi connectivity index (χ1n) is 20.7. The van der Waals surface area contributed by atoms with Crippen LogP contribution in [-0.2, 0) is 38.1 Å². The third kappa shape index (κ3) is 6.25. The minimum atomic E-state index is -2.05. The number of aliphatic hydroxyl groups is 5. The highest BCUT2D eigenvalue weighted by Gasteiger charge is 2.71. The Labute approximate surface area is 337 Å². The number of ketones is 1. The third-order valence-electron chi connectivity index (χ3n) is 17.2. The van der Waals surface area contributed by atoms with Crippen LogP contribution >= 0.6 is 0 Å². The van der Waals surface area contributed by atoms with Gasteiger partial charge in [0, 0.05) is 5.92 Å². The topological polar surface area (TPSA) is 267 Å². The van der Waals surface area contributed by atoms with E-state index in [1.54, 1.807) is 0 Å². The van der Waals surface area contributed by atoms with Crippen molar-refractivity contribution in [1.29, 1.82) is 0 Å². The van der Waals surface area contributed by atoms with Crippen LogP contribution in [0.4, 0.5) is 0 Å². The van der Waals surface area contributed by atoms with Crippen molar-refractivity contribution in [3.8, 4) is 0 Å². The Bertz CT molecular complexity index is 1730. The van der Waals surface area contributed by atoms with Gasteiger partial charge in [0.05, 0.1) is 11.5 Å². The van der Waals surface area contributed by atoms with E-state index in [1.807, 2.05) is 26.8 Å². The highest BCUT2D eigenvalue weighted by atomic mass is 16.8. The highest BCUT2D eigenvalue weighted by molar-refractivity contribution is 5.95. The summed E-state index contributed by atoms with van der Waals surface area (Å²) >= 11 is 0. The molecule has 2 aliphatic heterocycles. The summed E-state index contributed by atoms with van der Waals surface area (Å²) in [5.74, 6) is -4.47. The van der Waals surface area contributed by atoms with Crippen LogP contribution in [0.2, 0.25) is 0 Å². The molecule has 0 bridgehead atoms. The van der Waals surface area contributed by atoms with Gasteiger partial charge in [0.25, 0.3) is 0 Å². The molecule has 5 aliphatic carbocycles. The SMILES string of the molecule is CC1(C)[C@@H](O[C@@H]2O[C@H](C(=O)O)[C@H](O)[C@H](O)[C@@H]2O[C@@H]2O[C@H](C(=O)O)[C@H](O)[C@H](O)[C@@H]2O)CC[C@@]2(C)[C@@H]1CC[C@]1(C)[C@@H]2C(=O)C=C2[C@H]3C[C@@](C)(C(=O)O)CC[C@]3(C)CC[C@]21C. The molecule has 0 aromatic carbocycles. The molecule has 19 atom stereocenters. The standard InChI is InChI=1S/C42H62O16/c1-37(2)21-8-11-42(7)31(20(43)16-18-19-17-39(4,36(53)54)13-12-38(19,3)14-15-41(18,42)6)40(21,5)10-9-22(37)55-35-30(26(47)25(46)29(57-35)33(51)52)58-34-27(48)23(44)24(45)28(56-34)32(49)50/h16,19,21-31,34-35,44-48H,8-15,17H2,1-7H3,(H,49,50)(H,51,52)(H,53,54)/t19-,21-,22+,23+,24-,25-,26+,27+,28+,29+,30+,31-,34+,35-,38-,39+,40+,41-,42-/m1/s1. The zero-order chi connectivity index (χ0) is 42.9. The molecule has 7 aliphatic rings. The summed E-state index contributed by atoms with van der Waals surface area (Å²) in [5, 5.41) is 83.0. The molecule has 2 heterocycles. The van der Waals surface area contributed by atoms with E-state index in [0.29, 0.717) is 25.7 Å². The van der Waals surface area contributed by atoms with Crippen molar-refractivity contribution in [1.82, 2.24) is 0 Å². The molecule has 0 spiro atoms. The third-order valence-corrected chi connectivity index (χ3v) is 17.2. The second kappa shape index (κ2) is 14.3. The van der Waals surface area contributed by atoms with Crippen molar-refractivity contribution in [3.63, 3.8) is 0 Å². The maximum atomic E-state index is 14.8. The highest BCUT2D eigenvalue weighted by Crippen LogP contribution is 2.75. The van der Waals surface area contributed by atoms with Crippen LogP contribution in [0.25, 0.3) is 0 Å². The number of hydrogen-bond donors (Lipinski definition) is 8. The van der Waals surface area contributed by atoms with Gasteiger partial charge in [-0.1, -0.05) is 47.1 Å². The van der Waals surface area contributed by atoms with E-state index in [9.17, 15) is 60.0 Å². The predicted octanol–water partition coefficient (Wildman–Crippen LogP) is 2.25. The average Bonchev–Trinajstić information content (AvgIpc) is 3.13. The van der Waals surface area contributed by atoms with Crippen LogP contribution in [0.3, 0.4) is 0 Å². The second-order valence-corrected chi connectivity index (χ2v) is 20.6. The lowest BCUT2D eigenvalue weighted by molar-refractivity contribution is -0.371. The molecule has 6 fully saturated rings. The van der Waals surface area contributed by atoms with E-state index in [1.165, 1.54) is 0 Å². The first kappa shape index (κ1) is 43.5. The van der Waals surface area contributed by atoms with Crippen LogP contribution in [0.15, 0.2) is 11.6 Å². The van der Waals surface area contributed by atoms with Crippen molar-refractivity contribution < 1.29 is 79.0 Å². The molecule has 16 heteroatoms. The fourth-order valence-corrected chi connectivity index (χ4v) is 13.4. The molecule has 2 saturated heterocycles. The number of hydrogen-bond acceptors (Lipinski definition) is 13. The van der Waals surface area contributed by atoms with Crippen LogP contribution in [0.1, 0.15) is 106 Å². The molecule has 0 amide bonds. The van der Waals surface area contributed by atoms with Gasteiger partial charge in [-0.15, -0.1) is 0 Å². The number of aliphatic hydroxyl groups excluding tert-OH is 5. The molecule has 4 saturated carbocycles. The zero-order valence-corrected chi connectivity index (χ0v) is 34.4. The summed E-state index contributed by atoms with van der Waals surface area (Å²) in [6, 6.07) is 0. The molecule has 16 nitrogen and oxygen atoms in total. The second-order valence-electron chi connectivity index (χ2n) is 20.6. The molecule has 0 radical (unpaired) electrons. The number of carboxylic acids is 3. The van der Waals surface area contributed by atoms with Gasteiger partial charge in [-0.25, -0.2) is 9.59 Å².